The van der Waals surface area contributed by atoms with Crippen LogP contribution in [0.5, 0.6) is 5.75 Å². The first-order chi connectivity index (χ1) is 8.69. The van der Waals surface area contributed by atoms with Crippen molar-refractivity contribution in [3.05, 3.63) is 29.3 Å². The maximum atomic E-state index is 6.02. The lowest BCUT2D eigenvalue weighted by Gasteiger charge is -2.24. The molecule has 0 unspecified atom stereocenters. The minimum atomic E-state index is -0.189. The van der Waals surface area contributed by atoms with Gasteiger partial charge in [0.15, 0.2) is 0 Å². The van der Waals surface area contributed by atoms with Crippen molar-refractivity contribution in [2.75, 3.05) is 0 Å². The molecule has 0 aromatic heterocycles. The average Bonchev–Trinajstić information content (AvgIpc) is 2.25. The summed E-state index contributed by atoms with van der Waals surface area (Å²) in [6, 6.07) is 6.42. The van der Waals surface area contributed by atoms with Crippen molar-refractivity contribution in [1.29, 1.82) is 0 Å². The fourth-order valence-corrected chi connectivity index (χ4v) is 1.76. The third-order valence-electron chi connectivity index (χ3n) is 2.74. The third kappa shape index (κ3) is 5.65. The van der Waals surface area contributed by atoms with Crippen molar-refractivity contribution >= 4 is 0 Å². The molecule has 1 aromatic rings. The van der Waals surface area contributed by atoms with Gasteiger partial charge in [0.2, 0.25) is 0 Å². The van der Waals surface area contributed by atoms with Crippen molar-refractivity contribution in [2.24, 2.45) is 0 Å². The molecule has 108 valence electrons. The Morgan fingerprint density at radius 2 is 1.68 bits per heavy atom. The monoisotopic (exact) mass is 264 g/mol. The van der Waals surface area contributed by atoms with Crippen LogP contribution in [-0.2, 0) is 11.3 Å². The summed E-state index contributed by atoms with van der Waals surface area (Å²) in [6.07, 6.45) is 0.227. The second-order valence-corrected chi connectivity index (χ2v) is 6.60. The van der Waals surface area contributed by atoms with Gasteiger partial charge in [-0.25, -0.2) is 0 Å². The van der Waals surface area contributed by atoms with E-state index in [-0.39, 0.29) is 11.7 Å². The van der Waals surface area contributed by atoms with Gasteiger partial charge in [-0.1, -0.05) is 19.9 Å². The van der Waals surface area contributed by atoms with E-state index in [1.807, 2.05) is 0 Å². The molecule has 0 radical (unpaired) electrons. The highest BCUT2D eigenvalue weighted by Gasteiger charge is 2.16. The van der Waals surface area contributed by atoms with Crippen LogP contribution >= 0.6 is 0 Å². The van der Waals surface area contributed by atoms with Crippen molar-refractivity contribution in [3.63, 3.8) is 0 Å². The SMILES string of the molecule is CC(C)OCc1cc(C(C)C)ccc1OC(C)(C)C. The van der Waals surface area contributed by atoms with Gasteiger partial charge >= 0.3 is 0 Å². The molecule has 19 heavy (non-hydrogen) atoms. The molecule has 0 aliphatic rings. The summed E-state index contributed by atoms with van der Waals surface area (Å²) in [5.74, 6) is 1.44. The van der Waals surface area contributed by atoms with E-state index in [0.717, 1.165) is 11.3 Å². The predicted molar refractivity (Wildman–Crippen MR) is 80.8 cm³/mol. The summed E-state index contributed by atoms with van der Waals surface area (Å²) < 4.78 is 11.8. The molecule has 2 nitrogen and oxygen atoms in total. The average molecular weight is 264 g/mol. The number of rotatable bonds is 5. The summed E-state index contributed by atoms with van der Waals surface area (Å²) in [7, 11) is 0. The van der Waals surface area contributed by atoms with Gasteiger partial charge in [-0.05, 0) is 58.2 Å². The Morgan fingerprint density at radius 3 is 2.16 bits per heavy atom. The van der Waals surface area contributed by atoms with E-state index in [4.69, 9.17) is 9.47 Å². The zero-order valence-electron chi connectivity index (χ0n) is 13.4. The molecule has 0 atom stereocenters. The van der Waals surface area contributed by atoms with Gasteiger partial charge in [0.25, 0.3) is 0 Å². The molecule has 0 saturated heterocycles. The molecule has 0 fully saturated rings. The quantitative estimate of drug-likeness (QED) is 0.752. The second-order valence-electron chi connectivity index (χ2n) is 6.60. The summed E-state index contributed by atoms with van der Waals surface area (Å²) in [4.78, 5) is 0. The maximum Gasteiger partial charge on any atom is 0.125 e. The van der Waals surface area contributed by atoms with Crippen molar-refractivity contribution in [3.8, 4) is 5.75 Å². The Bertz CT molecular complexity index is 400. The Morgan fingerprint density at radius 1 is 1.05 bits per heavy atom. The zero-order valence-corrected chi connectivity index (χ0v) is 13.4. The van der Waals surface area contributed by atoms with Gasteiger partial charge in [-0.15, -0.1) is 0 Å². The smallest absolute Gasteiger partial charge is 0.125 e. The van der Waals surface area contributed by atoms with E-state index in [1.54, 1.807) is 0 Å². The van der Waals surface area contributed by atoms with Gasteiger partial charge in [-0.2, -0.15) is 0 Å². The first-order valence-corrected chi connectivity index (χ1v) is 7.12. The Hall–Kier alpha value is -1.02. The normalized spacial score (nSPS) is 12.3. The van der Waals surface area contributed by atoms with Crippen molar-refractivity contribution in [2.45, 2.75) is 72.7 Å². The van der Waals surface area contributed by atoms with Gasteiger partial charge in [0, 0.05) is 5.56 Å². The van der Waals surface area contributed by atoms with Crippen LogP contribution in [0.4, 0.5) is 0 Å². The van der Waals surface area contributed by atoms with E-state index in [0.29, 0.717) is 12.5 Å². The number of ether oxygens (including phenoxy) is 2. The van der Waals surface area contributed by atoms with Crippen molar-refractivity contribution in [1.82, 2.24) is 0 Å². The van der Waals surface area contributed by atoms with Crippen LogP contribution in [0.3, 0.4) is 0 Å². The largest absolute Gasteiger partial charge is 0.488 e. The van der Waals surface area contributed by atoms with Crippen LogP contribution in [0.25, 0.3) is 0 Å². The zero-order chi connectivity index (χ0) is 14.6. The summed E-state index contributed by atoms with van der Waals surface area (Å²) in [5.41, 5.74) is 2.27. The second kappa shape index (κ2) is 6.42. The highest BCUT2D eigenvalue weighted by atomic mass is 16.5. The fraction of sp³-hybridized carbons (Fsp3) is 0.647. The molecule has 0 heterocycles. The van der Waals surface area contributed by atoms with E-state index in [2.05, 4.69) is 66.7 Å². The van der Waals surface area contributed by atoms with Gasteiger partial charge in [0.05, 0.1) is 12.7 Å². The molecule has 2 heteroatoms. The first kappa shape index (κ1) is 16.0. The standard InChI is InChI=1S/C17H28O2/c1-12(2)14-8-9-16(19-17(5,6)7)15(10-14)11-18-13(3)4/h8-10,12-13H,11H2,1-7H3. The van der Waals surface area contributed by atoms with Crippen LogP contribution in [0.1, 0.15) is 65.5 Å². The van der Waals surface area contributed by atoms with Crippen LogP contribution in [0.15, 0.2) is 18.2 Å². The summed E-state index contributed by atoms with van der Waals surface area (Å²) >= 11 is 0. The molecule has 0 bridgehead atoms. The van der Waals surface area contributed by atoms with Gasteiger partial charge < -0.3 is 9.47 Å². The van der Waals surface area contributed by atoms with Gasteiger partial charge in [-0.3, -0.25) is 0 Å². The van der Waals surface area contributed by atoms with Crippen LogP contribution in [0.2, 0.25) is 0 Å². The van der Waals surface area contributed by atoms with Crippen molar-refractivity contribution < 1.29 is 9.47 Å². The van der Waals surface area contributed by atoms with E-state index in [1.165, 1.54) is 5.56 Å². The number of hydrogen-bond acceptors (Lipinski definition) is 2. The molecular formula is C17H28O2. The molecule has 0 aliphatic carbocycles. The van der Waals surface area contributed by atoms with E-state index in [9.17, 15) is 0 Å². The molecule has 0 N–H and O–H groups in total. The fourth-order valence-electron chi connectivity index (χ4n) is 1.76. The molecule has 0 aliphatic heterocycles. The molecule has 0 amide bonds. The minimum Gasteiger partial charge on any atom is -0.488 e. The molecule has 0 saturated carbocycles. The van der Waals surface area contributed by atoms with E-state index < -0.39 is 0 Å². The molecule has 0 spiro atoms. The maximum absolute atomic E-state index is 6.02. The Balaban J connectivity index is 3.00. The van der Waals surface area contributed by atoms with Crippen LogP contribution in [-0.4, -0.2) is 11.7 Å². The summed E-state index contributed by atoms with van der Waals surface area (Å²) in [5, 5.41) is 0. The summed E-state index contributed by atoms with van der Waals surface area (Å²) in [6.45, 7) is 15.3. The Kier molecular flexibility index (Phi) is 5.42. The molecule has 1 aromatic carbocycles. The molecule has 1 rings (SSSR count). The predicted octanol–water partition coefficient (Wildman–Crippen LogP) is 4.91. The van der Waals surface area contributed by atoms with E-state index >= 15 is 0 Å². The topological polar surface area (TPSA) is 18.5 Å². The lowest BCUT2D eigenvalue weighted by molar-refractivity contribution is 0.0603. The van der Waals surface area contributed by atoms with Gasteiger partial charge in [0.1, 0.15) is 11.4 Å². The molecular weight excluding hydrogens is 236 g/mol. The Labute approximate surface area is 118 Å². The lowest BCUT2D eigenvalue weighted by Crippen LogP contribution is -2.24. The van der Waals surface area contributed by atoms with Crippen LogP contribution in [0, 0.1) is 0 Å². The highest BCUT2D eigenvalue weighted by Crippen LogP contribution is 2.28. The van der Waals surface area contributed by atoms with Crippen LogP contribution < -0.4 is 4.74 Å². The first-order valence-electron chi connectivity index (χ1n) is 7.12. The lowest BCUT2D eigenvalue weighted by atomic mass is 10.00. The highest BCUT2D eigenvalue weighted by molar-refractivity contribution is 5.38. The number of benzene rings is 1. The third-order valence-corrected chi connectivity index (χ3v) is 2.74. The minimum absolute atomic E-state index is 0.189. The number of hydrogen-bond donors (Lipinski definition) is 0.